The van der Waals surface area contributed by atoms with Gasteiger partial charge >= 0.3 is 0 Å². The standard InChI is InChI=1S/C20H36N4O2/c1-5-24(6-2)17-19-10-7-9-18(15-19)16-23-20(21-3)22-11-8-12-26-14-13-25-4/h7,9-10,15H,5-6,8,11-14,16-17H2,1-4H3,(H2,21,22,23). The molecule has 0 aliphatic carbocycles. The quantitative estimate of drug-likeness (QED) is 0.319. The van der Waals surface area contributed by atoms with Crippen LogP contribution in [0.4, 0.5) is 0 Å². The minimum absolute atomic E-state index is 0.643. The zero-order valence-corrected chi connectivity index (χ0v) is 16.9. The van der Waals surface area contributed by atoms with Gasteiger partial charge in [-0.1, -0.05) is 38.1 Å². The van der Waals surface area contributed by atoms with Crippen LogP contribution < -0.4 is 10.6 Å². The Morgan fingerprint density at radius 3 is 2.54 bits per heavy atom. The number of guanidine groups is 1. The minimum Gasteiger partial charge on any atom is -0.382 e. The summed E-state index contributed by atoms with van der Waals surface area (Å²) in [6.45, 7) is 11.1. The van der Waals surface area contributed by atoms with E-state index in [1.54, 1.807) is 14.2 Å². The van der Waals surface area contributed by atoms with Gasteiger partial charge in [0, 0.05) is 40.4 Å². The molecule has 26 heavy (non-hydrogen) atoms. The molecule has 0 spiro atoms. The first-order chi connectivity index (χ1) is 12.7. The summed E-state index contributed by atoms with van der Waals surface area (Å²) in [5.74, 6) is 0.816. The summed E-state index contributed by atoms with van der Waals surface area (Å²) < 4.78 is 10.4. The van der Waals surface area contributed by atoms with E-state index in [9.17, 15) is 0 Å². The van der Waals surface area contributed by atoms with Crippen LogP contribution in [-0.4, -0.2) is 64.5 Å². The fraction of sp³-hybridized carbons (Fsp3) is 0.650. The summed E-state index contributed by atoms with van der Waals surface area (Å²) in [6.07, 6.45) is 0.934. The summed E-state index contributed by atoms with van der Waals surface area (Å²) in [7, 11) is 3.47. The first kappa shape index (κ1) is 22.4. The van der Waals surface area contributed by atoms with Crippen LogP contribution in [0.15, 0.2) is 29.3 Å². The number of methoxy groups -OCH3 is 1. The fourth-order valence-electron chi connectivity index (χ4n) is 2.58. The first-order valence-electron chi connectivity index (χ1n) is 9.54. The van der Waals surface area contributed by atoms with Crippen molar-refractivity contribution in [2.24, 2.45) is 4.99 Å². The van der Waals surface area contributed by atoms with Gasteiger partial charge in [0.1, 0.15) is 0 Å². The number of hydrogen-bond donors (Lipinski definition) is 2. The molecule has 148 valence electrons. The van der Waals surface area contributed by atoms with E-state index < -0.39 is 0 Å². The normalized spacial score (nSPS) is 11.8. The molecule has 6 heteroatoms. The maximum Gasteiger partial charge on any atom is 0.191 e. The summed E-state index contributed by atoms with van der Waals surface area (Å²) in [4.78, 5) is 6.69. The fourth-order valence-corrected chi connectivity index (χ4v) is 2.58. The molecule has 1 rings (SSSR count). The highest BCUT2D eigenvalue weighted by Gasteiger charge is 2.03. The molecule has 1 aromatic carbocycles. The average Bonchev–Trinajstić information content (AvgIpc) is 2.68. The molecule has 0 heterocycles. The number of rotatable bonds is 13. The number of nitrogens with zero attached hydrogens (tertiary/aromatic N) is 2. The molecule has 0 aromatic heterocycles. The van der Waals surface area contributed by atoms with Gasteiger partial charge in [-0.05, 0) is 30.6 Å². The Labute approximate surface area is 159 Å². The summed E-state index contributed by atoms with van der Waals surface area (Å²) in [5.41, 5.74) is 2.62. The minimum atomic E-state index is 0.643. The number of benzene rings is 1. The van der Waals surface area contributed by atoms with Crippen molar-refractivity contribution < 1.29 is 9.47 Å². The maximum absolute atomic E-state index is 5.45. The van der Waals surface area contributed by atoms with E-state index in [2.05, 4.69) is 58.6 Å². The Bertz CT molecular complexity index is 504. The predicted molar refractivity (Wildman–Crippen MR) is 109 cm³/mol. The van der Waals surface area contributed by atoms with Crippen LogP contribution in [-0.2, 0) is 22.6 Å². The average molecular weight is 365 g/mol. The van der Waals surface area contributed by atoms with Gasteiger partial charge in [-0.25, -0.2) is 0 Å². The van der Waals surface area contributed by atoms with Crippen molar-refractivity contribution in [1.82, 2.24) is 15.5 Å². The topological polar surface area (TPSA) is 58.1 Å². The van der Waals surface area contributed by atoms with Crippen LogP contribution in [0.25, 0.3) is 0 Å². The van der Waals surface area contributed by atoms with Crippen molar-refractivity contribution in [2.45, 2.75) is 33.4 Å². The number of hydrogen-bond acceptors (Lipinski definition) is 4. The monoisotopic (exact) mass is 364 g/mol. The highest BCUT2D eigenvalue weighted by Crippen LogP contribution is 2.08. The van der Waals surface area contributed by atoms with Gasteiger partial charge in [-0.2, -0.15) is 0 Å². The van der Waals surface area contributed by atoms with Crippen molar-refractivity contribution >= 4 is 5.96 Å². The van der Waals surface area contributed by atoms with Crippen LogP contribution >= 0.6 is 0 Å². The van der Waals surface area contributed by atoms with Crippen molar-refractivity contribution in [3.05, 3.63) is 35.4 Å². The van der Waals surface area contributed by atoms with Gasteiger partial charge < -0.3 is 20.1 Å². The van der Waals surface area contributed by atoms with Crippen LogP contribution in [0.3, 0.4) is 0 Å². The van der Waals surface area contributed by atoms with Crippen LogP contribution in [0.1, 0.15) is 31.4 Å². The summed E-state index contributed by atoms with van der Waals surface area (Å²) in [5, 5.41) is 6.68. The molecule has 1 aromatic rings. The lowest BCUT2D eigenvalue weighted by molar-refractivity contribution is 0.0698. The third-order valence-electron chi connectivity index (χ3n) is 4.17. The highest BCUT2D eigenvalue weighted by molar-refractivity contribution is 5.79. The second-order valence-corrected chi connectivity index (χ2v) is 6.09. The van der Waals surface area contributed by atoms with E-state index in [-0.39, 0.29) is 0 Å². The summed E-state index contributed by atoms with van der Waals surface area (Å²) in [6, 6.07) is 8.74. The van der Waals surface area contributed by atoms with Gasteiger partial charge in [0.15, 0.2) is 5.96 Å². The molecule has 6 nitrogen and oxygen atoms in total. The molecule has 0 bridgehead atoms. The molecule has 0 radical (unpaired) electrons. The lowest BCUT2D eigenvalue weighted by Crippen LogP contribution is -2.37. The zero-order chi connectivity index (χ0) is 19.0. The van der Waals surface area contributed by atoms with Gasteiger partial charge in [0.2, 0.25) is 0 Å². The smallest absolute Gasteiger partial charge is 0.191 e. The van der Waals surface area contributed by atoms with E-state index in [0.717, 1.165) is 51.7 Å². The Kier molecular flexibility index (Phi) is 12.5. The molecule has 0 unspecified atom stereocenters. The predicted octanol–water partition coefficient (Wildman–Crippen LogP) is 2.25. The Morgan fingerprint density at radius 1 is 1.08 bits per heavy atom. The molecule has 0 atom stereocenters. The van der Waals surface area contributed by atoms with Crippen LogP contribution in [0.2, 0.25) is 0 Å². The second-order valence-electron chi connectivity index (χ2n) is 6.09. The van der Waals surface area contributed by atoms with E-state index in [4.69, 9.17) is 9.47 Å². The van der Waals surface area contributed by atoms with Gasteiger partial charge in [-0.15, -0.1) is 0 Å². The molecular weight excluding hydrogens is 328 g/mol. The third-order valence-corrected chi connectivity index (χ3v) is 4.17. The number of nitrogens with one attached hydrogen (secondary N) is 2. The Hall–Kier alpha value is -1.63. The molecular formula is C20H36N4O2. The number of aliphatic imine (C=N–C) groups is 1. The van der Waals surface area contributed by atoms with E-state index >= 15 is 0 Å². The van der Waals surface area contributed by atoms with E-state index in [1.165, 1.54) is 11.1 Å². The lowest BCUT2D eigenvalue weighted by atomic mass is 10.1. The SMILES string of the molecule is CCN(CC)Cc1cccc(CNC(=NC)NCCCOCCOC)c1. The second kappa shape index (κ2) is 14.5. The Balaban J connectivity index is 2.32. The van der Waals surface area contributed by atoms with Gasteiger partial charge in [0.05, 0.1) is 13.2 Å². The highest BCUT2D eigenvalue weighted by atomic mass is 16.5. The molecule has 0 saturated heterocycles. The van der Waals surface area contributed by atoms with Gasteiger partial charge in [0.25, 0.3) is 0 Å². The molecule has 0 amide bonds. The lowest BCUT2D eigenvalue weighted by Gasteiger charge is -2.18. The molecule has 0 saturated carbocycles. The Morgan fingerprint density at radius 2 is 1.85 bits per heavy atom. The van der Waals surface area contributed by atoms with Crippen LogP contribution in [0.5, 0.6) is 0 Å². The molecule has 0 aliphatic heterocycles. The van der Waals surface area contributed by atoms with Crippen molar-refractivity contribution in [3.63, 3.8) is 0 Å². The van der Waals surface area contributed by atoms with Crippen molar-refractivity contribution in [1.29, 1.82) is 0 Å². The van der Waals surface area contributed by atoms with Crippen molar-refractivity contribution in [2.75, 3.05) is 53.6 Å². The largest absolute Gasteiger partial charge is 0.382 e. The summed E-state index contributed by atoms with van der Waals surface area (Å²) >= 11 is 0. The zero-order valence-electron chi connectivity index (χ0n) is 16.9. The molecule has 0 fully saturated rings. The van der Waals surface area contributed by atoms with E-state index in [1.807, 2.05) is 0 Å². The van der Waals surface area contributed by atoms with Gasteiger partial charge in [-0.3, -0.25) is 9.89 Å². The van der Waals surface area contributed by atoms with Crippen molar-refractivity contribution in [3.8, 4) is 0 Å². The third kappa shape index (κ3) is 9.75. The first-order valence-corrected chi connectivity index (χ1v) is 9.54. The van der Waals surface area contributed by atoms with Crippen LogP contribution in [0, 0.1) is 0 Å². The maximum atomic E-state index is 5.45. The molecule has 2 N–H and O–H groups in total. The number of ether oxygens (including phenoxy) is 2. The van der Waals surface area contributed by atoms with E-state index in [0.29, 0.717) is 13.2 Å². The molecule has 0 aliphatic rings.